The molecule has 1 unspecified atom stereocenters. The summed E-state index contributed by atoms with van der Waals surface area (Å²) in [5.41, 5.74) is -1.71. The number of hydrogen-bond acceptors (Lipinski definition) is 3. The molecule has 1 atom stereocenters. The number of hydrogen-bond donors (Lipinski definition) is 1. The average molecular weight is 250 g/mol. The predicted molar refractivity (Wildman–Crippen MR) is 64.7 cm³/mol. The Labute approximate surface area is 98.3 Å². The summed E-state index contributed by atoms with van der Waals surface area (Å²) in [6, 6.07) is 0. The lowest BCUT2D eigenvalue weighted by atomic mass is 9.77. The van der Waals surface area contributed by atoms with Crippen LogP contribution in [-0.2, 0) is 13.9 Å². The van der Waals surface area contributed by atoms with Crippen LogP contribution in [0.3, 0.4) is 0 Å². The van der Waals surface area contributed by atoms with Crippen LogP contribution in [0.1, 0.15) is 53.9 Å². The molecule has 0 aliphatic heterocycles. The van der Waals surface area contributed by atoms with Crippen LogP contribution >= 0.6 is 8.25 Å². The summed E-state index contributed by atoms with van der Waals surface area (Å²) in [6.45, 7) is 8.85. The molecule has 96 valence electrons. The Kier molecular flexibility index (Phi) is 5.88. The molecule has 0 aromatic rings. The average Bonchev–Trinajstić information content (AvgIpc) is 2.11. The fourth-order valence-electron chi connectivity index (χ4n) is 1.81. The summed E-state index contributed by atoms with van der Waals surface area (Å²) in [5, 5.41) is 0. The Morgan fingerprint density at radius 1 is 1.31 bits per heavy atom. The van der Waals surface area contributed by atoms with Crippen molar-refractivity contribution in [2.75, 3.05) is 0 Å². The topological polar surface area (TPSA) is 63.6 Å². The summed E-state index contributed by atoms with van der Waals surface area (Å²) in [7, 11) is -3.09. The molecule has 0 aromatic heterocycles. The molecule has 0 bridgehead atoms. The number of Topliss-reactive ketones (excluding diaryl/α,β-unsaturated/α-hetero) is 1. The summed E-state index contributed by atoms with van der Waals surface area (Å²) in [6.07, 6.45) is 2.75. The maximum absolute atomic E-state index is 12.2. The van der Waals surface area contributed by atoms with Gasteiger partial charge in [-0.05, 0) is 20.3 Å². The zero-order chi connectivity index (χ0) is 13.0. The second kappa shape index (κ2) is 5.95. The fourth-order valence-corrected chi connectivity index (χ4v) is 2.34. The first kappa shape index (κ1) is 15.8. The first-order valence-electron chi connectivity index (χ1n) is 5.60. The number of carbonyl (C=O) groups is 1. The van der Waals surface area contributed by atoms with Crippen molar-refractivity contribution in [1.82, 2.24) is 0 Å². The Hall–Kier alpha value is -0.180. The van der Waals surface area contributed by atoms with Crippen LogP contribution in [0.15, 0.2) is 0 Å². The van der Waals surface area contributed by atoms with Crippen molar-refractivity contribution in [1.29, 1.82) is 0 Å². The number of rotatable bonds is 7. The largest absolute Gasteiger partial charge is 0.326 e. The molecule has 0 radical (unpaired) electrons. The van der Waals surface area contributed by atoms with Gasteiger partial charge in [0.1, 0.15) is 5.60 Å². The molecule has 1 N–H and O–H groups in total. The zero-order valence-electron chi connectivity index (χ0n) is 10.8. The molecule has 0 saturated carbocycles. The van der Waals surface area contributed by atoms with E-state index in [0.717, 1.165) is 19.3 Å². The van der Waals surface area contributed by atoms with Crippen LogP contribution < -0.4 is 0 Å². The van der Waals surface area contributed by atoms with Gasteiger partial charge in [0.25, 0.3) is 0 Å². The summed E-state index contributed by atoms with van der Waals surface area (Å²) in [5.74, 6) is -0.124. The molecular formula is C11H23O4P. The molecule has 0 spiro atoms. The van der Waals surface area contributed by atoms with E-state index in [1.165, 1.54) is 0 Å². The molecular weight excluding hydrogens is 227 g/mol. The van der Waals surface area contributed by atoms with Crippen LogP contribution in [0.5, 0.6) is 0 Å². The first-order valence-corrected chi connectivity index (χ1v) is 6.86. The lowest BCUT2D eigenvalue weighted by molar-refractivity contribution is -0.141. The maximum Gasteiger partial charge on any atom is 0.317 e. The minimum Gasteiger partial charge on any atom is -0.326 e. The number of unbranched alkanes of at least 4 members (excludes halogenated alkanes) is 1. The minimum atomic E-state index is -3.09. The van der Waals surface area contributed by atoms with Gasteiger partial charge in [-0.3, -0.25) is 13.9 Å². The molecule has 0 aromatic carbocycles. The van der Waals surface area contributed by atoms with Crippen LogP contribution in [0, 0.1) is 5.41 Å². The third kappa shape index (κ3) is 4.77. The summed E-state index contributed by atoms with van der Waals surface area (Å²) in [4.78, 5) is 20.9. The lowest BCUT2D eigenvalue weighted by Crippen LogP contribution is -2.42. The smallest absolute Gasteiger partial charge is 0.317 e. The van der Waals surface area contributed by atoms with E-state index in [2.05, 4.69) is 6.92 Å². The molecule has 0 fully saturated rings. The highest BCUT2D eigenvalue weighted by atomic mass is 31.1. The molecule has 4 nitrogen and oxygen atoms in total. The van der Waals surface area contributed by atoms with Gasteiger partial charge >= 0.3 is 8.25 Å². The molecule has 16 heavy (non-hydrogen) atoms. The van der Waals surface area contributed by atoms with Crippen molar-refractivity contribution in [2.24, 2.45) is 5.41 Å². The van der Waals surface area contributed by atoms with Gasteiger partial charge in [-0.25, -0.2) is 0 Å². The van der Waals surface area contributed by atoms with E-state index >= 15 is 0 Å². The van der Waals surface area contributed by atoms with E-state index in [1.54, 1.807) is 13.8 Å². The molecule has 0 aliphatic rings. The van der Waals surface area contributed by atoms with Crippen molar-refractivity contribution in [3.63, 3.8) is 0 Å². The SMILES string of the molecule is CCCCC(C)(C)C(=O)C(C)(C)O[PH](=O)O. The van der Waals surface area contributed by atoms with Gasteiger partial charge in [0, 0.05) is 5.41 Å². The normalized spacial score (nSPS) is 14.9. The van der Waals surface area contributed by atoms with Gasteiger partial charge in [0.2, 0.25) is 0 Å². The van der Waals surface area contributed by atoms with Crippen molar-refractivity contribution >= 4 is 14.0 Å². The predicted octanol–water partition coefficient (Wildman–Crippen LogP) is 2.95. The molecule has 0 amide bonds. The van der Waals surface area contributed by atoms with Crippen molar-refractivity contribution in [3.05, 3.63) is 0 Å². The van der Waals surface area contributed by atoms with E-state index in [1.807, 2.05) is 13.8 Å². The molecule has 0 aliphatic carbocycles. The van der Waals surface area contributed by atoms with Crippen molar-refractivity contribution in [3.8, 4) is 0 Å². The van der Waals surface area contributed by atoms with Crippen LogP contribution in [0.25, 0.3) is 0 Å². The van der Waals surface area contributed by atoms with Gasteiger partial charge in [-0.2, -0.15) is 0 Å². The van der Waals surface area contributed by atoms with E-state index in [0.29, 0.717) is 0 Å². The summed E-state index contributed by atoms with van der Waals surface area (Å²) < 4.78 is 15.5. The highest BCUT2D eigenvalue weighted by Gasteiger charge is 2.40. The van der Waals surface area contributed by atoms with E-state index < -0.39 is 19.3 Å². The quantitative estimate of drug-likeness (QED) is 0.705. The van der Waals surface area contributed by atoms with E-state index in [-0.39, 0.29) is 5.78 Å². The number of carbonyl (C=O) groups excluding carboxylic acids is 1. The van der Waals surface area contributed by atoms with Gasteiger partial charge in [0.15, 0.2) is 5.78 Å². The third-order valence-electron chi connectivity index (χ3n) is 2.66. The molecule has 5 heteroatoms. The Morgan fingerprint density at radius 3 is 2.19 bits per heavy atom. The van der Waals surface area contributed by atoms with Crippen molar-refractivity contribution < 1.29 is 18.8 Å². The minimum absolute atomic E-state index is 0.124. The van der Waals surface area contributed by atoms with Gasteiger partial charge in [0.05, 0.1) is 0 Å². The monoisotopic (exact) mass is 250 g/mol. The van der Waals surface area contributed by atoms with E-state index in [9.17, 15) is 9.36 Å². The lowest BCUT2D eigenvalue weighted by Gasteiger charge is -2.32. The first-order chi connectivity index (χ1) is 7.13. The van der Waals surface area contributed by atoms with Crippen LogP contribution in [0.4, 0.5) is 0 Å². The second-order valence-electron chi connectivity index (χ2n) is 5.19. The fraction of sp³-hybridized carbons (Fsp3) is 0.909. The Morgan fingerprint density at radius 2 is 1.81 bits per heavy atom. The molecule has 0 saturated heterocycles. The van der Waals surface area contributed by atoms with Gasteiger partial charge in [-0.1, -0.05) is 33.6 Å². The highest BCUT2D eigenvalue weighted by molar-refractivity contribution is 7.32. The van der Waals surface area contributed by atoms with Crippen LogP contribution in [0.2, 0.25) is 0 Å². The van der Waals surface area contributed by atoms with Crippen molar-refractivity contribution in [2.45, 2.75) is 59.5 Å². The Bertz CT molecular complexity index is 271. The highest BCUT2D eigenvalue weighted by Crippen LogP contribution is 2.35. The van der Waals surface area contributed by atoms with Gasteiger partial charge < -0.3 is 4.89 Å². The standard InChI is InChI=1S/C11H23O4P/c1-6-7-8-10(2,3)9(12)11(4,5)15-16(13)14/h16H,6-8H2,1-5H3,(H,13,14). The maximum atomic E-state index is 12.2. The van der Waals surface area contributed by atoms with Crippen LogP contribution in [-0.4, -0.2) is 16.3 Å². The zero-order valence-corrected chi connectivity index (χ0v) is 11.8. The Balaban J connectivity index is 4.68. The third-order valence-corrected chi connectivity index (χ3v) is 3.34. The van der Waals surface area contributed by atoms with Gasteiger partial charge in [-0.15, -0.1) is 0 Å². The molecule has 0 rings (SSSR count). The number of ketones is 1. The van der Waals surface area contributed by atoms with E-state index in [4.69, 9.17) is 9.42 Å². The molecule has 0 heterocycles. The summed E-state index contributed by atoms with van der Waals surface area (Å²) >= 11 is 0. The second-order valence-corrected chi connectivity index (χ2v) is 5.93.